The molecular formula is C9H14N2O. The van der Waals surface area contributed by atoms with Gasteiger partial charge in [-0.3, -0.25) is 4.79 Å². The van der Waals surface area contributed by atoms with Crippen LogP contribution in [0.3, 0.4) is 0 Å². The van der Waals surface area contributed by atoms with Crippen LogP contribution in [-0.4, -0.2) is 12.5 Å². The van der Waals surface area contributed by atoms with Gasteiger partial charge in [-0.2, -0.15) is 5.26 Å². The molecule has 12 heavy (non-hydrogen) atoms. The zero-order chi connectivity index (χ0) is 9.40. The number of nitrogens with one attached hydrogen (secondary N) is 1. The van der Waals surface area contributed by atoms with Crippen molar-refractivity contribution in [2.24, 2.45) is 0 Å². The summed E-state index contributed by atoms with van der Waals surface area (Å²) in [6, 6.07) is 1.86. The molecule has 0 saturated heterocycles. The van der Waals surface area contributed by atoms with Gasteiger partial charge in [-0.25, -0.2) is 0 Å². The molecular weight excluding hydrogens is 152 g/mol. The van der Waals surface area contributed by atoms with E-state index in [1.165, 1.54) is 0 Å². The average Bonchev–Trinajstić information content (AvgIpc) is 2.10. The number of carbonyl (C=O) groups is 1. The van der Waals surface area contributed by atoms with Gasteiger partial charge in [0.05, 0.1) is 0 Å². The summed E-state index contributed by atoms with van der Waals surface area (Å²) in [5.74, 6) is -0.263. The maximum Gasteiger partial charge on any atom is 0.261 e. The van der Waals surface area contributed by atoms with Crippen LogP contribution >= 0.6 is 0 Å². The Bertz CT molecular complexity index is 213. The Hall–Kier alpha value is -1.30. The van der Waals surface area contributed by atoms with Gasteiger partial charge >= 0.3 is 0 Å². The van der Waals surface area contributed by atoms with E-state index < -0.39 is 0 Å². The summed E-state index contributed by atoms with van der Waals surface area (Å²) in [7, 11) is 0. The quantitative estimate of drug-likeness (QED) is 0.506. The van der Waals surface area contributed by atoms with Crippen molar-refractivity contribution in [2.75, 3.05) is 6.54 Å². The molecule has 0 fully saturated rings. The Morgan fingerprint density at radius 2 is 2.25 bits per heavy atom. The second-order valence-electron chi connectivity index (χ2n) is 2.39. The van der Waals surface area contributed by atoms with Crippen LogP contribution in [0.15, 0.2) is 11.6 Å². The normalized spacial score (nSPS) is 10.6. The summed E-state index contributed by atoms with van der Waals surface area (Å²) in [6.07, 6.45) is 3.23. The number of nitriles is 1. The fourth-order valence-electron chi connectivity index (χ4n) is 0.727. The highest BCUT2D eigenvalue weighted by molar-refractivity contribution is 5.97. The predicted octanol–water partition coefficient (Wildman–Crippen LogP) is 1.37. The molecule has 0 aromatic heterocycles. The first-order valence-corrected chi connectivity index (χ1v) is 4.14. The molecule has 0 saturated carbocycles. The van der Waals surface area contributed by atoms with Gasteiger partial charge in [0.25, 0.3) is 5.91 Å². The second kappa shape index (κ2) is 6.41. The molecule has 1 N–H and O–H groups in total. The molecule has 0 aromatic carbocycles. The van der Waals surface area contributed by atoms with Crippen LogP contribution in [0.2, 0.25) is 0 Å². The van der Waals surface area contributed by atoms with E-state index in [4.69, 9.17) is 5.26 Å². The summed E-state index contributed by atoms with van der Waals surface area (Å²) >= 11 is 0. The summed E-state index contributed by atoms with van der Waals surface area (Å²) in [5.41, 5.74) is 0.214. The summed E-state index contributed by atoms with van der Waals surface area (Å²) in [6.45, 7) is 4.49. The van der Waals surface area contributed by atoms with E-state index >= 15 is 0 Å². The fraction of sp³-hybridized carbons (Fsp3) is 0.556. The minimum Gasteiger partial charge on any atom is -0.351 e. The number of nitrogens with zero attached hydrogens (tertiary/aromatic N) is 1. The van der Waals surface area contributed by atoms with Crippen LogP contribution in [0.4, 0.5) is 0 Å². The molecule has 1 amide bonds. The zero-order valence-electron chi connectivity index (χ0n) is 7.55. The van der Waals surface area contributed by atoms with Crippen LogP contribution in [0.25, 0.3) is 0 Å². The van der Waals surface area contributed by atoms with E-state index in [9.17, 15) is 4.79 Å². The molecule has 0 aliphatic rings. The number of carbonyl (C=O) groups excluding carboxylic acids is 1. The van der Waals surface area contributed by atoms with Crippen molar-refractivity contribution in [3.05, 3.63) is 11.6 Å². The monoisotopic (exact) mass is 166 g/mol. The Balaban J connectivity index is 4.07. The molecule has 66 valence electrons. The van der Waals surface area contributed by atoms with E-state index in [2.05, 4.69) is 5.32 Å². The maximum atomic E-state index is 11.1. The molecule has 0 aliphatic carbocycles. The van der Waals surface area contributed by atoms with Crippen molar-refractivity contribution in [3.8, 4) is 6.07 Å². The van der Waals surface area contributed by atoms with Gasteiger partial charge in [-0.05, 0) is 12.8 Å². The van der Waals surface area contributed by atoms with Crippen molar-refractivity contribution in [1.29, 1.82) is 5.26 Å². The number of allylic oxidation sites excluding steroid dienone is 1. The predicted molar refractivity (Wildman–Crippen MR) is 47.3 cm³/mol. The topological polar surface area (TPSA) is 52.9 Å². The molecule has 0 radical (unpaired) electrons. The average molecular weight is 166 g/mol. The highest BCUT2D eigenvalue weighted by Crippen LogP contribution is 1.94. The van der Waals surface area contributed by atoms with Crippen molar-refractivity contribution in [2.45, 2.75) is 26.7 Å². The van der Waals surface area contributed by atoms with Gasteiger partial charge in [0.15, 0.2) is 0 Å². The first-order valence-electron chi connectivity index (χ1n) is 4.14. The minimum atomic E-state index is -0.263. The van der Waals surface area contributed by atoms with Crippen molar-refractivity contribution in [1.82, 2.24) is 5.32 Å². The lowest BCUT2D eigenvalue weighted by atomic mass is 10.2. The molecule has 0 spiro atoms. The van der Waals surface area contributed by atoms with Crippen LogP contribution in [0, 0.1) is 11.3 Å². The van der Waals surface area contributed by atoms with E-state index in [1.807, 2.05) is 19.9 Å². The number of amides is 1. The van der Waals surface area contributed by atoms with Crippen molar-refractivity contribution in [3.63, 3.8) is 0 Å². The van der Waals surface area contributed by atoms with Gasteiger partial charge in [-0.1, -0.05) is 19.9 Å². The molecule has 0 unspecified atom stereocenters. The molecule has 0 bridgehead atoms. The van der Waals surface area contributed by atoms with E-state index in [0.29, 0.717) is 13.0 Å². The molecule has 0 aromatic rings. The Kier molecular flexibility index (Phi) is 5.72. The highest BCUT2D eigenvalue weighted by atomic mass is 16.1. The first kappa shape index (κ1) is 10.7. The first-order chi connectivity index (χ1) is 5.76. The third kappa shape index (κ3) is 3.77. The van der Waals surface area contributed by atoms with Gasteiger partial charge < -0.3 is 5.32 Å². The second-order valence-corrected chi connectivity index (χ2v) is 2.39. The smallest absolute Gasteiger partial charge is 0.261 e. The Labute approximate surface area is 73.1 Å². The van der Waals surface area contributed by atoms with Gasteiger partial charge in [0, 0.05) is 6.54 Å². The van der Waals surface area contributed by atoms with E-state index in [0.717, 1.165) is 6.42 Å². The van der Waals surface area contributed by atoms with E-state index in [1.54, 1.807) is 6.08 Å². The van der Waals surface area contributed by atoms with Crippen molar-refractivity contribution < 1.29 is 4.79 Å². The molecule has 0 atom stereocenters. The lowest BCUT2D eigenvalue weighted by Crippen LogP contribution is -2.25. The Morgan fingerprint density at radius 1 is 1.58 bits per heavy atom. The molecule has 0 heterocycles. The van der Waals surface area contributed by atoms with Crippen LogP contribution in [-0.2, 0) is 4.79 Å². The molecule has 0 aliphatic heterocycles. The third-order valence-electron chi connectivity index (χ3n) is 1.31. The molecule has 0 rings (SSSR count). The third-order valence-corrected chi connectivity index (χ3v) is 1.31. The standard InChI is InChI=1S/C9H14N2O/c1-3-5-8(7-10)9(12)11-6-4-2/h5H,3-4,6H2,1-2H3,(H,11,12)/b8-5-. The van der Waals surface area contributed by atoms with Gasteiger partial charge in [0.2, 0.25) is 0 Å². The fourth-order valence-corrected chi connectivity index (χ4v) is 0.727. The lowest BCUT2D eigenvalue weighted by molar-refractivity contribution is -0.117. The maximum absolute atomic E-state index is 11.1. The van der Waals surface area contributed by atoms with E-state index in [-0.39, 0.29) is 11.5 Å². The highest BCUT2D eigenvalue weighted by Gasteiger charge is 2.05. The number of hydrogen-bond acceptors (Lipinski definition) is 2. The number of rotatable bonds is 4. The van der Waals surface area contributed by atoms with Gasteiger partial charge in [0.1, 0.15) is 11.6 Å². The largest absolute Gasteiger partial charge is 0.351 e. The lowest BCUT2D eigenvalue weighted by Gasteiger charge is -2.00. The summed E-state index contributed by atoms with van der Waals surface area (Å²) < 4.78 is 0. The zero-order valence-corrected chi connectivity index (χ0v) is 7.55. The van der Waals surface area contributed by atoms with Gasteiger partial charge in [-0.15, -0.1) is 0 Å². The number of hydrogen-bond donors (Lipinski definition) is 1. The minimum absolute atomic E-state index is 0.214. The summed E-state index contributed by atoms with van der Waals surface area (Å²) in [4.78, 5) is 11.1. The molecule has 3 nitrogen and oxygen atoms in total. The van der Waals surface area contributed by atoms with Crippen LogP contribution in [0.5, 0.6) is 0 Å². The van der Waals surface area contributed by atoms with Crippen LogP contribution < -0.4 is 5.32 Å². The van der Waals surface area contributed by atoms with Crippen molar-refractivity contribution >= 4 is 5.91 Å². The summed E-state index contributed by atoms with van der Waals surface area (Å²) in [5, 5.41) is 11.2. The SMILES string of the molecule is CC/C=C(/C#N)C(=O)NCCC. The Morgan fingerprint density at radius 3 is 2.67 bits per heavy atom. The molecule has 3 heteroatoms. The van der Waals surface area contributed by atoms with Crippen LogP contribution in [0.1, 0.15) is 26.7 Å².